The number of rotatable bonds is 3. The number of amides is 1. The summed E-state index contributed by atoms with van der Waals surface area (Å²) in [5.74, 6) is -1.18. The molecule has 1 amide bonds. The van der Waals surface area contributed by atoms with Crippen LogP contribution in [0, 0.1) is 0 Å². The van der Waals surface area contributed by atoms with E-state index < -0.39 is 11.8 Å². The molecule has 0 aliphatic rings. The molecule has 0 bridgehead atoms. The zero-order valence-corrected chi connectivity index (χ0v) is 7.71. The summed E-state index contributed by atoms with van der Waals surface area (Å²) in [5, 5.41) is 12.9. The van der Waals surface area contributed by atoms with Crippen molar-refractivity contribution in [1.29, 1.82) is 0 Å². The second-order valence-corrected chi connectivity index (χ2v) is 2.99. The van der Waals surface area contributed by atoms with Crippen molar-refractivity contribution in [2.24, 2.45) is 0 Å². The van der Waals surface area contributed by atoms with Gasteiger partial charge >= 0.3 is 0 Å². The maximum Gasteiger partial charge on any atom is 0.253 e. The van der Waals surface area contributed by atoms with Crippen LogP contribution in [-0.2, 0) is 4.79 Å². The van der Waals surface area contributed by atoms with Gasteiger partial charge in [-0.3, -0.25) is 10.5 Å². The molecule has 0 saturated carbocycles. The summed E-state index contributed by atoms with van der Waals surface area (Å²) in [7, 11) is 0. The van der Waals surface area contributed by atoms with E-state index in [2.05, 4.69) is 20.6 Å². The molecule has 2 N–H and O–H groups in total. The fraction of sp³-hybridized carbons (Fsp3) is 0.111. The summed E-state index contributed by atoms with van der Waals surface area (Å²) in [6.07, 6.45) is 0. The number of carbonyl (C=O) groups excluding carboxylic acids is 1. The summed E-state index contributed by atoms with van der Waals surface area (Å²) >= 11 is 0. The molecule has 0 fully saturated rings. The highest BCUT2D eigenvalue weighted by molar-refractivity contribution is 5.83. The van der Waals surface area contributed by atoms with Crippen molar-refractivity contribution in [2.75, 3.05) is 0 Å². The molecule has 1 atom stereocenters. The van der Waals surface area contributed by atoms with Crippen LogP contribution in [0.5, 0.6) is 0 Å². The molecule has 1 unspecified atom stereocenters. The number of carbonyl (C=O) groups is 1. The van der Waals surface area contributed by atoms with Gasteiger partial charge in [0.25, 0.3) is 5.91 Å². The molecule has 2 rings (SSSR count). The van der Waals surface area contributed by atoms with Crippen molar-refractivity contribution < 1.29 is 4.79 Å². The lowest BCUT2D eigenvalue weighted by Crippen LogP contribution is -2.16. The van der Waals surface area contributed by atoms with Crippen LogP contribution >= 0.6 is 0 Å². The largest absolute Gasteiger partial charge is 0.272 e. The van der Waals surface area contributed by atoms with Gasteiger partial charge in [0.2, 0.25) is 0 Å². The quantitative estimate of drug-likeness (QED) is 0.765. The summed E-state index contributed by atoms with van der Waals surface area (Å²) in [4.78, 5) is 11.2. The Labute approximate surface area is 85.5 Å². The number of benzene rings is 1. The van der Waals surface area contributed by atoms with E-state index in [1.165, 1.54) is 0 Å². The monoisotopic (exact) mass is 202 g/mol. The van der Waals surface area contributed by atoms with Crippen molar-refractivity contribution in [3.05, 3.63) is 41.7 Å². The van der Waals surface area contributed by atoms with E-state index in [1.807, 2.05) is 6.07 Å². The molecule has 1 radical (unpaired) electrons. The van der Waals surface area contributed by atoms with E-state index >= 15 is 0 Å². The molecule has 2 aromatic rings. The average Bonchev–Trinajstić information content (AvgIpc) is 2.72. The third-order valence-electron chi connectivity index (χ3n) is 2.03. The third kappa shape index (κ3) is 1.83. The fourth-order valence-electron chi connectivity index (χ4n) is 1.37. The number of hydrogen-bond donors (Lipinski definition) is 1. The minimum atomic E-state index is -0.736. The number of nitrogens with one attached hydrogen (secondary N) is 2. The van der Waals surface area contributed by atoms with E-state index in [0.29, 0.717) is 11.4 Å². The van der Waals surface area contributed by atoms with Crippen LogP contribution < -0.4 is 5.73 Å². The Hall–Kier alpha value is -2.24. The van der Waals surface area contributed by atoms with Crippen LogP contribution in [0.2, 0.25) is 0 Å². The fourth-order valence-corrected chi connectivity index (χ4v) is 1.37. The number of hydrogen-bond acceptors (Lipinski definition) is 4. The molecule has 0 saturated heterocycles. The molecular formula is C9H8N5O. The van der Waals surface area contributed by atoms with Crippen LogP contribution in [0.25, 0.3) is 0 Å². The lowest BCUT2D eigenvalue weighted by atomic mass is 9.98. The van der Waals surface area contributed by atoms with E-state index in [4.69, 9.17) is 5.73 Å². The van der Waals surface area contributed by atoms with Gasteiger partial charge in [-0.15, -0.1) is 5.10 Å². The molecule has 75 valence electrons. The Balaban J connectivity index is 2.42. The minimum absolute atomic E-state index is 0.293. The minimum Gasteiger partial charge on any atom is -0.272 e. The molecule has 0 aliphatic carbocycles. The topological polar surface area (TPSA) is 95.3 Å². The molecule has 0 aliphatic heterocycles. The molecular weight excluding hydrogens is 194 g/mol. The number of H-pyrrole nitrogens is 1. The maximum absolute atomic E-state index is 11.2. The second-order valence-electron chi connectivity index (χ2n) is 2.99. The van der Waals surface area contributed by atoms with Crippen molar-refractivity contribution in [1.82, 2.24) is 26.4 Å². The summed E-state index contributed by atoms with van der Waals surface area (Å²) in [5.41, 5.74) is 7.90. The average molecular weight is 202 g/mol. The van der Waals surface area contributed by atoms with Crippen molar-refractivity contribution in [3.8, 4) is 0 Å². The third-order valence-corrected chi connectivity index (χ3v) is 2.03. The number of aromatic amines is 1. The summed E-state index contributed by atoms with van der Waals surface area (Å²) in [6, 6.07) is 8.97. The second kappa shape index (κ2) is 3.87. The van der Waals surface area contributed by atoms with Crippen molar-refractivity contribution in [2.45, 2.75) is 5.92 Å². The van der Waals surface area contributed by atoms with Crippen LogP contribution in [0.4, 0.5) is 0 Å². The zero-order valence-electron chi connectivity index (χ0n) is 7.71. The SMILES string of the molecule is [NH]C(=O)C(c1ccccc1)c1nnn[nH]1. The van der Waals surface area contributed by atoms with Gasteiger partial charge in [-0.25, -0.2) is 5.10 Å². The predicted molar refractivity (Wildman–Crippen MR) is 50.6 cm³/mol. The lowest BCUT2D eigenvalue weighted by molar-refractivity contribution is -0.119. The van der Waals surface area contributed by atoms with Gasteiger partial charge in [0.15, 0.2) is 5.82 Å². The Bertz CT molecular complexity index is 439. The van der Waals surface area contributed by atoms with Gasteiger partial charge in [-0.1, -0.05) is 30.3 Å². The molecule has 1 aromatic carbocycles. The number of aromatic nitrogens is 4. The van der Waals surface area contributed by atoms with Crippen molar-refractivity contribution >= 4 is 5.91 Å². The summed E-state index contributed by atoms with van der Waals surface area (Å²) < 4.78 is 0. The highest BCUT2D eigenvalue weighted by Gasteiger charge is 2.23. The molecule has 1 aromatic heterocycles. The van der Waals surface area contributed by atoms with E-state index in [9.17, 15) is 4.79 Å². The van der Waals surface area contributed by atoms with Crippen LogP contribution in [0.15, 0.2) is 30.3 Å². The van der Waals surface area contributed by atoms with E-state index in [0.717, 1.165) is 0 Å². The molecule has 0 spiro atoms. The Morgan fingerprint density at radius 3 is 2.60 bits per heavy atom. The highest BCUT2D eigenvalue weighted by Crippen LogP contribution is 2.20. The highest BCUT2D eigenvalue weighted by atomic mass is 16.1. The van der Waals surface area contributed by atoms with Gasteiger partial charge in [-0.05, 0) is 16.0 Å². The maximum atomic E-state index is 11.2. The Kier molecular flexibility index (Phi) is 2.40. The number of tetrazole rings is 1. The summed E-state index contributed by atoms with van der Waals surface area (Å²) in [6.45, 7) is 0. The predicted octanol–water partition coefficient (Wildman–Crippen LogP) is 0.141. The first-order valence-electron chi connectivity index (χ1n) is 4.33. The van der Waals surface area contributed by atoms with E-state index in [-0.39, 0.29) is 0 Å². The van der Waals surface area contributed by atoms with Crippen LogP contribution in [-0.4, -0.2) is 26.5 Å². The van der Waals surface area contributed by atoms with Gasteiger partial charge in [0.05, 0.1) is 0 Å². The Morgan fingerprint density at radius 1 is 1.33 bits per heavy atom. The normalized spacial score (nSPS) is 12.3. The van der Waals surface area contributed by atoms with Gasteiger partial charge < -0.3 is 0 Å². The van der Waals surface area contributed by atoms with E-state index in [1.54, 1.807) is 24.3 Å². The Morgan fingerprint density at radius 2 is 2.07 bits per heavy atom. The molecule has 6 nitrogen and oxygen atoms in total. The van der Waals surface area contributed by atoms with Gasteiger partial charge in [0.1, 0.15) is 5.92 Å². The van der Waals surface area contributed by atoms with Crippen LogP contribution in [0.3, 0.4) is 0 Å². The molecule has 6 heteroatoms. The molecule has 15 heavy (non-hydrogen) atoms. The first kappa shape index (κ1) is 9.32. The van der Waals surface area contributed by atoms with Crippen LogP contribution in [0.1, 0.15) is 17.3 Å². The smallest absolute Gasteiger partial charge is 0.253 e. The lowest BCUT2D eigenvalue weighted by Gasteiger charge is -2.08. The zero-order chi connectivity index (χ0) is 10.7. The first-order valence-corrected chi connectivity index (χ1v) is 4.33. The molecule has 1 heterocycles. The van der Waals surface area contributed by atoms with Gasteiger partial charge in [0, 0.05) is 0 Å². The number of nitrogens with zero attached hydrogens (tertiary/aromatic N) is 3. The van der Waals surface area contributed by atoms with Crippen molar-refractivity contribution in [3.63, 3.8) is 0 Å². The van der Waals surface area contributed by atoms with Gasteiger partial charge in [-0.2, -0.15) is 0 Å². The first-order chi connectivity index (χ1) is 7.29. The standard InChI is InChI=1S/C9H8N5O/c10-8(15)7(9-11-13-14-12-9)6-4-2-1-3-5-6/h1-5,7,10H,(H,11,12,13,14).